The molecule has 2 N–H and O–H groups in total. The van der Waals surface area contributed by atoms with Gasteiger partial charge in [0.2, 0.25) is 0 Å². The zero-order valence-corrected chi connectivity index (χ0v) is 12.4. The van der Waals surface area contributed by atoms with E-state index < -0.39 is 0 Å². The lowest BCUT2D eigenvalue weighted by Gasteiger charge is -2.31. The van der Waals surface area contributed by atoms with Crippen molar-refractivity contribution in [3.05, 3.63) is 30.2 Å². The molecule has 6 heteroatoms. The van der Waals surface area contributed by atoms with Crippen molar-refractivity contribution in [3.63, 3.8) is 0 Å². The Kier molecular flexibility index (Phi) is 4.15. The lowest BCUT2D eigenvalue weighted by Crippen LogP contribution is -2.33. The van der Waals surface area contributed by atoms with Crippen LogP contribution in [0.3, 0.4) is 0 Å². The number of rotatable bonds is 4. The van der Waals surface area contributed by atoms with Gasteiger partial charge in [-0.1, -0.05) is 12.1 Å². The molecule has 0 unspecified atom stereocenters. The first-order valence-electron chi connectivity index (χ1n) is 7.59. The summed E-state index contributed by atoms with van der Waals surface area (Å²) < 4.78 is 1.81. The number of nitrogens with zero attached hydrogens (tertiary/aromatic N) is 5. The number of nitrogens with two attached hydrogens (primary N) is 1. The highest BCUT2D eigenvalue weighted by Crippen LogP contribution is 2.22. The maximum absolute atomic E-state index is 5.61. The van der Waals surface area contributed by atoms with Crippen LogP contribution in [0.4, 0.5) is 5.82 Å². The number of pyridine rings is 1. The lowest BCUT2D eigenvalue weighted by atomic mass is 9.99. The Morgan fingerprint density at radius 2 is 2.05 bits per heavy atom. The molecule has 1 fully saturated rings. The van der Waals surface area contributed by atoms with E-state index in [0.717, 1.165) is 42.6 Å². The molecule has 0 saturated carbocycles. The highest BCUT2D eigenvalue weighted by Gasteiger charge is 2.17. The fourth-order valence-electron chi connectivity index (χ4n) is 2.72. The molecular weight excluding hydrogens is 264 g/mol. The van der Waals surface area contributed by atoms with Gasteiger partial charge in [0.25, 0.3) is 0 Å². The standard InChI is InChI=1S/C15H22N6/c1-12-5-8-20(9-6-12)15-3-2-13(10-17-15)21-14(4-7-16)11-18-19-21/h2-3,10-12H,4-9,16H2,1H3. The zero-order valence-electron chi connectivity index (χ0n) is 12.4. The summed E-state index contributed by atoms with van der Waals surface area (Å²) in [6.45, 7) is 5.09. The van der Waals surface area contributed by atoms with Crippen molar-refractivity contribution in [2.24, 2.45) is 11.7 Å². The van der Waals surface area contributed by atoms with E-state index in [2.05, 4.69) is 39.3 Å². The van der Waals surface area contributed by atoms with Crippen LogP contribution >= 0.6 is 0 Å². The van der Waals surface area contributed by atoms with Gasteiger partial charge < -0.3 is 10.6 Å². The minimum Gasteiger partial charge on any atom is -0.357 e. The number of hydrogen-bond donors (Lipinski definition) is 1. The molecule has 0 spiro atoms. The van der Waals surface area contributed by atoms with Crippen molar-refractivity contribution >= 4 is 5.82 Å². The van der Waals surface area contributed by atoms with Gasteiger partial charge in [-0.15, -0.1) is 5.10 Å². The maximum Gasteiger partial charge on any atom is 0.128 e. The highest BCUT2D eigenvalue weighted by atomic mass is 15.4. The van der Waals surface area contributed by atoms with Gasteiger partial charge in [0, 0.05) is 19.5 Å². The molecule has 1 aliphatic rings. The molecule has 21 heavy (non-hydrogen) atoms. The number of piperidine rings is 1. The summed E-state index contributed by atoms with van der Waals surface area (Å²) in [6.07, 6.45) is 6.87. The van der Waals surface area contributed by atoms with Crippen LogP contribution in [-0.4, -0.2) is 39.6 Å². The third-order valence-electron chi connectivity index (χ3n) is 4.10. The number of anilines is 1. The van der Waals surface area contributed by atoms with E-state index in [1.54, 1.807) is 6.20 Å². The van der Waals surface area contributed by atoms with Gasteiger partial charge in [0.05, 0.1) is 23.8 Å². The zero-order chi connectivity index (χ0) is 14.7. The molecule has 1 saturated heterocycles. The van der Waals surface area contributed by atoms with E-state index in [9.17, 15) is 0 Å². The van der Waals surface area contributed by atoms with Crippen LogP contribution in [0.15, 0.2) is 24.5 Å². The normalized spacial score (nSPS) is 16.4. The fourth-order valence-corrected chi connectivity index (χ4v) is 2.72. The first-order valence-corrected chi connectivity index (χ1v) is 7.59. The average Bonchev–Trinajstić information content (AvgIpc) is 2.97. The lowest BCUT2D eigenvalue weighted by molar-refractivity contribution is 0.436. The molecule has 2 aromatic rings. The second-order valence-electron chi connectivity index (χ2n) is 5.72. The summed E-state index contributed by atoms with van der Waals surface area (Å²) in [4.78, 5) is 6.94. The van der Waals surface area contributed by atoms with Crippen molar-refractivity contribution in [2.75, 3.05) is 24.5 Å². The van der Waals surface area contributed by atoms with Crippen molar-refractivity contribution in [1.29, 1.82) is 0 Å². The minimum atomic E-state index is 0.588. The van der Waals surface area contributed by atoms with Crippen LogP contribution in [0.2, 0.25) is 0 Å². The molecule has 6 nitrogen and oxygen atoms in total. The molecular formula is C15H22N6. The quantitative estimate of drug-likeness (QED) is 0.919. The van der Waals surface area contributed by atoms with E-state index in [-0.39, 0.29) is 0 Å². The highest BCUT2D eigenvalue weighted by molar-refractivity contribution is 5.43. The summed E-state index contributed by atoms with van der Waals surface area (Å²) in [5.74, 6) is 1.88. The Bertz CT molecular complexity index is 568. The Balaban J connectivity index is 1.76. The summed E-state index contributed by atoms with van der Waals surface area (Å²) in [7, 11) is 0. The number of hydrogen-bond acceptors (Lipinski definition) is 5. The maximum atomic E-state index is 5.61. The van der Waals surface area contributed by atoms with Gasteiger partial charge >= 0.3 is 0 Å². The Labute approximate surface area is 125 Å². The van der Waals surface area contributed by atoms with E-state index in [0.29, 0.717) is 6.54 Å². The topological polar surface area (TPSA) is 72.9 Å². The fraction of sp³-hybridized carbons (Fsp3) is 0.533. The van der Waals surface area contributed by atoms with Crippen LogP contribution in [0, 0.1) is 5.92 Å². The molecule has 3 rings (SSSR count). The molecule has 3 heterocycles. The van der Waals surface area contributed by atoms with Gasteiger partial charge in [-0.2, -0.15) is 0 Å². The predicted molar refractivity (Wildman–Crippen MR) is 82.5 cm³/mol. The van der Waals surface area contributed by atoms with Crippen molar-refractivity contribution in [2.45, 2.75) is 26.2 Å². The summed E-state index contributed by atoms with van der Waals surface area (Å²) in [5.41, 5.74) is 7.56. The second kappa shape index (κ2) is 6.22. The van der Waals surface area contributed by atoms with E-state index >= 15 is 0 Å². The Hall–Kier alpha value is -1.95. The average molecular weight is 286 g/mol. The van der Waals surface area contributed by atoms with E-state index in [1.807, 2.05) is 10.9 Å². The van der Waals surface area contributed by atoms with Gasteiger partial charge in [-0.3, -0.25) is 0 Å². The molecule has 0 bridgehead atoms. The van der Waals surface area contributed by atoms with Crippen LogP contribution in [-0.2, 0) is 6.42 Å². The summed E-state index contributed by atoms with van der Waals surface area (Å²) >= 11 is 0. The van der Waals surface area contributed by atoms with Crippen molar-refractivity contribution < 1.29 is 0 Å². The van der Waals surface area contributed by atoms with Crippen LogP contribution in [0.1, 0.15) is 25.5 Å². The Morgan fingerprint density at radius 3 is 2.71 bits per heavy atom. The molecule has 2 aromatic heterocycles. The number of aromatic nitrogens is 4. The monoisotopic (exact) mass is 286 g/mol. The van der Waals surface area contributed by atoms with Crippen molar-refractivity contribution in [1.82, 2.24) is 20.0 Å². The van der Waals surface area contributed by atoms with Crippen LogP contribution in [0.25, 0.3) is 5.69 Å². The molecule has 0 amide bonds. The molecule has 0 radical (unpaired) electrons. The SMILES string of the molecule is CC1CCN(c2ccc(-n3nncc3CCN)cn2)CC1. The molecule has 112 valence electrons. The predicted octanol–water partition coefficient (Wildman–Crippen LogP) is 1.40. The molecule has 0 aliphatic carbocycles. The smallest absolute Gasteiger partial charge is 0.128 e. The first kappa shape index (κ1) is 14.0. The minimum absolute atomic E-state index is 0.588. The first-order chi connectivity index (χ1) is 10.3. The van der Waals surface area contributed by atoms with Crippen LogP contribution in [0.5, 0.6) is 0 Å². The summed E-state index contributed by atoms with van der Waals surface area (Å²) in [5, 5.41) is 8.07. The molecule has 0 atom stereocenters. The third kappa shape index (κ3) is 3.05. The third-order valence-corrected chi connectivity index (χ3v) is 4.10. The van der Waals surface area contributed by atoms with Crippen LogP contribution < -0.4 is 10.6 Å². The van der Waals surface area contributed by atoms with Gasteiger partial charge in [-0.25, -0.2) is 9.67 Å². The summed E-state index contributed by atoms with van der Waals surface area (Å²) in [6, 6.07) is 4.12. The van der Waals surface area contributed by atoms with Gasteiger partial charge in [0.15, 0.2) is 0 Å². The van der Waals surface area contributed by atoms with E-state index in [4.69, 9.17) is 5.73 Å². The largest absolute Gasteiger partial charge is 0.357 e. The Morgan fingerprint density at radius 1 is 1.24 bits per heavy atom. The molecule has 1 aliphatic heterocycles. The van der Waals surface area contributed by atoms with Gasteiger partial charge in [0.1, 0.15) is 5.82 Å². The van der Waals surface area contributed by atoms with E-state index in [1.165, 1.54) is 12.8 Å². The van der Waals surface area contributed by atoms with Gasteiger partial charge in [-0.05, 0) is 37.4 Å². The second-order valence-corrected chi connectivity index (χ2v) is 5.72. The molecule has 0 aromatic carbocycles. The van der Waals surface area contributed by atoms with Crippen molar-refractivity contribution in [3.8, 4) is 5.69 Å².